The Labute approximate surface area is 113 Å². The van der Waals surface area contributed by atoms with Crippen LogP contribution in [0.3, 0.4) is 0 Å². The zero-order valence-corrected chi connectivity index (χ0v) is 11.5. The first-order valence-electron chi connectivity index (χ1n) is 6.77. The molecule has 1 aromatic carbocycles. The van der Waals surface area contributed by atoms with Crippen LogP contribution in [-0.4, -0.2) is 12.2 Å². The molecule has 0 saturated heterocycles. The third-order valence-electron chi connectivity index (χ3n) is 4.20. The van der Waals surface area contributed by atoms with Crippen LogP contribution < -0.4 is 4.74 Å². The lowest BCUT2D eigenvalue weighted by atomic mass is 9.91. The summed E-state index contributed by atoms with van der Waals surface area (Å²) in [4.78, 5) is 0. The summed E-state index contributed by atoms with van der Waals surface area (Å²) < 4.78 is 5.46. The summed E-state index contributed by atoms with van der Waals surface area (Å²) in [5.41, 5.74) is 2.92. The largest absolute Gasteiger partial charge is 0.495 e. The normalized spacial score (nSPS) is 21.1. The second-order valence-corrected chi connectivity index (χ2v) is 5.90. The van der Waals surface area contributed by atoms with E-state index in [0.717, 1.165) is 31.2 Å². The van der Waals surface area contributed by atoms with E-state index in [2.05, 4.69) is 0 Å². The van der Waals surface area contributed by atoms with Gasteiger partial charge in [0.15, 0.2) is 0 Å². The van der Waals surface area contributed by atoms with Crippen molar-refractivity contribution in [3.8, 4) is 5.75 Å². The second-order valence-electron chi connectivity index (χ2n) is 5.50. The molecule has 0 bridgehead atoms. The molecule has 3 rings (SSSR count). The van der Waals surface area contributed by atoms with E-state index in [4.69, 9.17) is 16.3 Å². The SMILES string of the molecule is COc1c(Cl)cc2c(c1C1(O)CC1)CCCCC2. The van der Waals surface area contributed by atoms with Crippen LogP contribution in [0.4, 0.5) is 0 Å². The number of methoxy groups -OCH3 is 1. The van der Waals surface area contributed by atoms with Crippen molar-refractivity contribution in [2.45, 2.75) is 50.5 Å². The number of rotatable bonds is 2. The predicted octanol–water partition coefficient (Wildman–Crippen LogP) is 3.60. The van der Waals surface area contributed by atoms with Crippen molar-refractivity contribution < 1.29 is 9.84 Å². The molecule has 1 saturated carbocycles. The smallest absolute Gasteiger partial charge is 0.143 e. The lowest BCUT2D eigenvalue weighted by Gasteiger charge is -2.21. The first-order chi connectivity index (χ1) is 8.65. The number of fused-ring (bicyclic) bond motifs is 1. The monoisotopic (exact) mass is 266 g/mol. The average molecular weight is 267 g/mol. The van der Waals surface area contributed by atoms with Crippen LogP contribution in [0.15, 0.2) is 6.07 Å². The van der Waals surface area contributed by atoms with Crippen LogP contribution in [0, 0.1) is 0 Å². The van der Waals surface area contributed by atoms with E-state index >= 15 is 0 Å². The van der Waals surface area contributed by atoms with Crippen molar-refractivity contribution in [2.24, 2.45) is 0 Å². The van der Waals surface area contributed by atoms with Crippen molar-refractivity contribution in [3.63, 3.8) is 0 Å². The molecule has 0 amide bonds. The highest BCUT2D eigenvalue weighted by Gasteiger charge is 2.46. The van der Waals surface area contributed by atoms with E-state index in [1.807, 2.05) is 6.07 Å². The average Bonchev–Trinajstić information content (AvgIpc) is 3.11. The molecule has 0 heterocycles. The van der Waals surface area contributed by atoms with Gasteiger partial charge in [0.1, 0.15) is 5.75 Å². The van der Waals surface area contributed by atoms with Gasteiger partial charge in [-0.05, 0) is 55.7 Å². The Balaban J connectivity index is 2.21. The number of hydrogen-bond acceptors (Lipinski definition) is 2. The third kappa shape index (κ3) is 1.92. The Morgan fingerprint density at radius 2 is 1.94 bits per heavy atom. The van der Waals surface area contributed by atoms with Crippen LogP contribution in [0.2, 0.25) is 5.02 Å². The fourth-order valence-corrected chi connectivity index (χ4v) is 3.39. The summed E-state index contributed by atoms with van der Waals surface area (Å²) in [7, 11) is 1.64. The van der Waals surface area contributed by atoms with Crippen molar-refractivity contribution in [1.82, 2.24) is 0 Å². The lowest BCUT2D eigenvalue weighted by molar-refractivity contribution is 0.146. The Bertz CT molecular complexity index is 478. The Hall–Kier alpha value is -0.730. The highest BCUT2D eigenvalue weighted by molar-refractivity contribution is 6.32. The molecule has 1 fully saturated rings. The van der Waals surface area contributed by atoms with Gasteiger partial charge >= 0.3 is 0 Å². The molecule has 2 aliphatic carbocycles. The lowest BCUT2D eigenvalue weighted by Crippen LogP contribution is -2.13. The van der Waals surface area contributed by atoms with E-state index in [9.17, 15) is 5.11 Å². The number of ether oxygens (including phenoxy) is 1. The molecule has 0 aromatic heterocycles. The summed E-state index contributed by atoms with van der Waals surface area (Å²) in [5.74, 6) is 0.692. The molecule has 2 aliphatic rings. The molecule has 98 valence electrons. The first-order valence-corrected chi connectivity index (χ1v) is 7.14. The molecule has 18 heavy (non-hydrogen) atoms. The molecular weight excluding hydrogens is 248 g/mol. The van der Waals surface area contributed by atoms with E-state index in [0.29, 0.717) is 10.8 Å². The maximum atomic E-state index is 10.5. The summed E-state index contributed by atoms with van der Waals surface area (Å²) in [6, 6.07) is 2.04. The molecule has 0 aliphatic heterocycles. The van der Waals surface area contributed by atoms with Crippen LogP contribution in [0.1, 0.15) is 48.8 Å². The van der Waals surface area contributed by atoms with Gasteiger partial charge in [-0.3, -0.25) is 0 Å². The number of aryl methyl sites for hydroxylation is 1. The van der Waals surface area contributed by atoms with E-state index in [-0.39, 0.29) is 0 Å². The van der Waals surface area contributed by atoms with Gasteiger partial charge < -0.3 is 9.84 Å². The third-order valence-corrected chi connectivity index (χ3v) is 4.48. The molecule has 0 atom stereocenters. The van der Waals surface area contributed by atoms with Gasteiger partial charge in [0.2, 0.25) is 0 Å². The topological polar surface area (TPSA) is 29.5 Å². The standard InChI is InChI=1S/C15H19ClO2/c1-18-14-12(16)9-10-5-3-2-4-6-11(10)13(14)15(17)7-8-15/h9,17H,2-8H2,1H3. The van der Waals surface area contributed by atoms with Crippen molar-refractivity contribution >= 4 is 11.6 Å². The Kier molecular flexibility index (Phi) is 3.03. The fourth-order valence-electron chi connectivity index (χ4n) is 3.09. The summed E-state index contributed by atoms with van der Waals surface area (Å²) in [5, 5.41) is 11.2. The summed E-state index contributed by atoms with van der Waals surface area (Å²) in [6.45, 7) is 0. The molecule has 2 nitrogen and oxygen atoms in total. The molecule has 3 heteroatoms. The van der Waals surface area contributed by atoms with E-state index < -0.39 is 5.60 Å². The minimum atomic E-state index is -0.676. The molecule has 1 aromatic rings. The van der Waals surface area contributed by atoms with E-state index in [1.54, 1.807) is 7.11 Å². The molecular formula is C15H19ClO2. The molecule has 1 N–H and O–H groups in total. The highest BCUT2D eigenvalue weighted by Crippen LogP contribution is 2.53. The van der Waals surface area contributed by atoms with Crippen LogP contribution >= 0.6 is 11.6 Å². The van der Waals surface area contributed by atoms with Gasteiger partial charge in [-0.2, -0.15) is 0 Å². The van der Waals surface area contributed by atoms with Gasteiger partial charge in [-0.1, -0.05) is 18.0 Å². The second kappa shape index (κ2) is 4.43. The van der Waals surface area contributed by atoms with Crippen LogP contribution in [0.5, 0.6) is 5.75 Å². The van der Waals surface area contributed by atoms with Gasteiger partial charge in [-0.25, -0.2) is 0 Å². The summed E-state index contributed by atoms with van der Waals surface area (Å²) in [6.07, 6.45) is 7.44. The van der Waals surface area contributed by atoms with Crippen LogP contribution in [0.25, 0.3) is 0 Å². The number of hydrogen-bond donors (Lipinski definition) is 1. The van der Waals surface area contributed by atoms with Gasteiger partial charge in [-0.15, -0.1) is 0 Å². The van der Waals surface area contributed by atoms with Gasteiger partial charge in [0.05, 0.1) is 17.7 Å². The summed E-state index contributed by atoms with van der Waals surface area (Å²) >= 11 is 6.32. The van der Waals surface area contributed by atoms with Gasteiger partial charge in [0.25, 0.3) is 0 Å². The zero-order chi connectivity index (χ0) is 12.8. The molecule has 0 spiro atoms. The van der Waals surface area contributed by atoms with Gasteiger partial charge in [0, 0.05) is 5.56 Å². The van der Waals surface area contributed by atoms with Crippen molar-refractivity contribution in [1.29, 1.82) is 0 Å². The number of benzene rings is 1. The maximum Gasteiger partial charge on any atom is 0.143 e. The fraction of sp³-hybridized carbons (Fsp3) is 0.600. The predicted molar refractivity (Wildman–Crippen MR) is 72.4 cm³/mol. The first kappa shape index (κ1) is 12.3. The zero-order valence-electron chi connectivity index (χ0n) is 10.8. The van der Waals surface area contributed by atoms with Crippen LogP contribution in [-0.2, 0) is 18.4 Å². The highest BCUT2D eigenvalue weighted by atomic mass is 35.5. The number of halogens is 1. The molecule has 0 radical (unpaired) electrons. The number of aliphatic hydroxyl groups is 1. The van der Waals surface area contributed by atoms with E-state index in [1.165, 1.54) is 30.4 Å². The minimum absolute atomic E-state index is 0.647. The van der Waals surface area contributed by atoms with Crippen molar-refractivity contribution in [2.75, 3.05) is 7.11 Å². The maximum absolute atomic E-state index is 10.5. The Morgan fingerprint density at radius 3 is 2.61 bits per heavy atom. The Morgan fingerprint density at radius 1 is 1.22 bits per heavy atom. The van der Waals surface area contributed by atoms with Crippen molar-refractivity contribution in [3.05, 3.63) is 27.8 Å². The quantitative estimate of drug-likeness (QED) is 0.829. The molecule has 0 unspecified atom stereocenters. The minimum Gasteiger partial charge on any atom is -0.495 e.